The van der Waals surface area contributed by atoms with Crippen LogP contribution in [0.3, 0.4) is 0 Å². The van der Waals surface area contributed by atoms with Gasteiger partial charge in [-0.15, -0.1) is 0 Å². The standard InChI is InChI=1S/C19H23N3O3/c23-19(21-15-6-7-18-20-8-9-22(18)12-15)14-3-1-4-16(11-14)25-13-17-5-2-10-24-17/h1,3-4,8-9,11,15,17H,2,5-7,10,12-13H2,(H,21,23)/t15-,17-/m1/s1. The van der Waals surface area contributed by atoms with Crippen LogP contribution in [0.4, 0.5) is 0 Å². The van der Waals surface area contributed by atoms with Crippen LogP contribution in [0.15, 0.2) is 36.7 Å². The zero-order chi connectivity index (χ0) is 17.1. The van der Waals surface area contributed by atoms with Crippen molar-refractivity contribution >= 4 is 5.91 Å². The van der Waals surface area contributed by atoms with Crippen LogP contribution in [-0.2, 0) is 17.7 Å². The topological polar surface area (TPSA) is 65.4 Å². The molecule has 3 heterocycles. The Kier molecular flexibility index (Phi) is 4.70. The molecule has 1 amide bonds. The normalized spacial score (nSPS) is 22.4. The van der Waals surface area contributed by atoms with E-state index < -0.39 is 0 Å². The van der Waals surface area contributed by atoms with Gasteiger partial charge in [0, 0.05) is 43.6 Å². The van der Waals surface area contributed by atoms with Crippen molar-refractivity contribution in [2.45, 2.75) is 44.4 Å². The number of nitrogens with zero attached hydrogens (tertiary/aromatic N) is 2. The Bertz CT molecular complexity index is 737. The van der Waals surface area contributed by atoms with E-state index in [2.05, 4.69) is 14.9 Å². The number of rotatable bonds is 5. The van der Waals surface area contributed by atoms with Crippen LogP contribution in [0.1, 0.15) is 35.4 Å². The minimum Gasteiger partial charge on any atom is -0.491 e. The molecule has 1 fully saturated rings. The number of benzene rings is 1. The molecule has 2 aromatic rings. The monoisotopic (exact) mass is 341 g/mol. The average molecular weight is 341 g/mol. The molecular weight excluding hydrogens is 318 g/mol. The highest BCUT2D eigenvalue weighted by Gasteiger charge is 2.21. The third-order valence-electron chi connectivity index (χ3n) is 4.83. The lowest BCUT2D eigenvalue weighted by atomic mass is 10.1. The number of amides is 1. The summed E-state index contributed by atoms with van der Waals surface area (Å²) in [6, 6.07) is 7.49. The Morgan fingerprint density at radius 1 is 1.40 bits per heavy atom. The van der Waals surface area contributed by atoms with Gasteiger partial charge in [0.15, 0.2) is 0 Å². The molecule has 4 rings (SSSR count). The summed E-state index contributed by atoms with van der Waals surface area (Å²) >= 11 is 0. The molecule has 2 aliphatic heterocycles. The lowest BCUT2D eigenvalue weighted by Crippen LogP contribution is -2.40. The highest BCUT2D eigenvalue weighted by atomic mass is 16.5. The zero-order valence-electron chi connectivity index (χ0n) is 14.2. The van der Waals surface area contributed by atoms with Gasteiger partial charge >= 0.3 is 0 Å². The quantitative estimate of drug-likeness (QED) is 0.905. The number of hydrogen-bond acceptors (Lipinski definition) is 4. The molecule has 6 nitrogen and oxygen atoms in total. The van der Waals surface area contributed by atoms with E-state index in [9.17, 15) is 4.79 Å². The largest absolute Gasteiger partial charge is 0.491 e. The number of carbonyl (C=O) groups excluding carboxylic acids is 1. The number of aromatic nitrogens is 2. The Hall–Kier alpha value is -2.34. The van der Waals surface area contributed by atoms with Gasteiger partial charge in [-0.3, -0.25) is 4.79 Å². The fourth-order valence-electron chi connectivity index (χ4n) is 3.45. The number of aryl methyl sites for hydroxylation is 1. The van der Waals surface area contributed by atoms with Gasteiger partial charge < -0.3 is 19.4 Å². The van der Waals surface area contributed by atoms with E-state index in [1.54, 1.807) is 6.07 Å². The first-order valence-electron chi connectivity index (χ1n) is 8.93. The molecule has 1 N–H and O–H groups in total. The number of fused-ring (bicyclic) bond motifs is 1. The lowest BCUT2D eigenvalue weighted by Gasteiger charge is -2.24. The van der Waals surface area contributed by atoms with Gasteiger partial charge in [0.2, 0.25) is 0 Å². The minimum absolute atomic E-state index is 0.0591. The molecule has 0 spiro atoms. The summed E-state index contributed by atoms with van der Waals surface area (Å²) < 4.78 is 13.5. The Morgan fingerprint density at radius 2 is 2.36 bits per heavy atom. The third-order valence-corrected chi connectivity index (χ3v) is 4.83. The summed E-state index contributed by atoms with van der Waals surface area (Å²) in [6.45, 7) is 2.13. The second kappa shape index (κ2) is 7.27. The third kappa shape index (κ3) is 3.85. The van der Waals surface area contributed by atoms with Crippen molar-refractivity contribution in [3.63, 3.8) is 0 Å². The maximum atomic E-state index is 12.6. The fourth-order valence-corrected chi connectivity index (χ4v) is 3.45. The van der Waals surface area contributed by atoms with Gasteiger partial charge in [0.05, 0.1) is 6.10 Å². The SMILES string of the molecule is O=C(N[C@@H]1CCc2nccn2C1)c1cccc(OC[C@H]2CCCO2)c1. The van der Waals surface area contributed by atoms with Crippen LogP contribution in [0.5, 0.6) is 5.75 Å². The molecule has 0 unspecified atom stereocenters. The van der Waals surface area contributed by atoms with Gasteiger partial charge in [-0.05, 0) is 37.5 Å². The van der Waals surface area contributed by atoms with Gasteiger partial charge in [0.25, 0.3) is 5.91 Å². The van der Waals surface area contributed by atoms with Crippen LogP contribution in [-0.4, -0.2) is 40.8 Å². The van der Waals surface area contributed by atoms with Crippen molar-refractivity contribution in [2.75, 3.05) is 13.2 Å². The summed E-state index contributed by atoms with van der Waals surface area (Å²) in [6.07, 6.45) is 7.89. The van der Waals surface area contributed by atoms with Crippen molar-refractivity contribution in [3.05, 3.63) is 48.0 Å². The molecule has 6 heteroatoms. The Labute approximate surface area is 147 Å². The summed E-state index contributed by atoms with van der Waals surface area (Å²) in [5, 5.41) is 3.12. The zero-order valence-corrected chi connectivity index (χ0v) is 14.2. The van der Waals surface area contributed by atoms with Crippen molar-refractivity contribution in [3.8, 4) is 5.75 Å². The molecule has 0 saturated carbocycles. The van der Waals surface area contributed by atoms with E-state index in [4.69, 9.17) is 9.47 Å². The summed E-state index contributed by atoms with van der Waals surface area (Å²) in [5.74, 6) is 1.75. The number of carbonyl (C=O) groups is 1. The first-order valence-corrected chi connectivity index (χ1v) is 8.93. The second-order valence-electron chi connectivity index (χ2n) is 6.68. The van der Waals surface area contributed by atoms with Crippen LogP contribution in [0, 0.1) is 0 Å². The van der Waals surface area contributed by atoms with Gasteiger partial charge in [-0.25, -0.2) is 4.98 Å². The molecule has 1 aromatic heterocycles. The van der Waals surface area contributed by atoms with E-state index in [-0.39, 0.29) is 18.1 Å². The van der Waals surface area contributed by atoms with Crippen LogP contribution in [0.25, 0.3) is 0 Å². The maximum Gasteiger partial charge on any atom is 0.251 e. The molecule has 132 valence electrons. The predicted molar refractivity (Wildman–Crippen MR) is 92.7 cm³/mol. The second-order valence-corrected chi connectivity index (χ2v) is 6.68. The van der Waals surface area contributed by atoms with Crippen molar-refractivity contribution in [1.29, 1.82) is 0 Å². The average Bonchev–Trinajstić information content (AvgIpc) is 3.31. The van der Waals surface area contributed by atoms with E-state index in [1.165, 1.54) is 0 Å². The number of ether oxygens (including phenoxy) is 2. The molecule has 1 aromatic carbocycles. The van der Waals surface area contributed by atoms with E-state index in [0.29, 0.717) is 17.9 Å². The molecule has 2 aliphatic rings. The van der Waals surface area contributed by atoms with E-state index in [0.717, 1.165) is 44.7 Å². The fraction of sp³-hybridized carbons (Fsp3) is 0.474. The van der Waals surface area contributed by atoms with Crippen LogP contribution < -0.4 is 10.1 Å². The number of nitrogens with one attached hydrogen (secondary N) is 1. The molecule has 1 saturated heterocycles. The van der Waals surface area contributed by atoms with Gasteiger partial charge in [-0.1, -0.05) is 6.07 Å². The molecule has 0 aliphatic carbocycles. The highest BCUT2D eigenvalue weighted by molar-refractivity contribution is 5.94. The lowest BCUT2D eigenvalue weighted by molar-refractivity contribution is 0.0679. The van der Waals surface area contributed by atoms with E-state index >= 15 is 0 Å². The van der Waals surface area contributed by atoms with Gasteiger partial charge in [0.1, 0.15) is 18.2 Å². The Balaban J connectivity index is 1.34. The summed E-state index contributed by atoms with van der Waals surface area (Å²) in [5.41, 5.74) is 0.626. The van der Waals surface area contributed by atoms with Crippen LogP contribution in [0.2, 0.25) is 0 Å². The molecule has 0 bridgehead atoms. The van der Waals surface area contributed by atoms with Gasteiger partial charge in [-0.2, -0.15) is 0 Å². The first kappa shape index (κ1) is 16.1. The predicted octanol–water partition coefficient (Wildman–Crippen LogP) is 2.19. The number of imidazole rings is 1. The minimum atomic E-state index is -0.0591. The maximum absolute atomic E-state index is 12.6. The molecular formula is C19H23N3O3. The molecule has 2 atom stereocenters. The van der Waals surface area contributed by atoms with Crippen molar-refractivity contribution in [1.82, 2.24) is 14.9 Å². The summed E-state index contributed by atoms with van der Waals surface area (Å²) in [7, 11) is 0. The summed E-state index contributed by atoms with van der Waals surface area (Å²) in [4.78, 5) is 16.9. The molecule has 25 heavy (non-hydrogen) atoms. The smallest absolute Gasteiger partial charge is 0.251 e. The first-order chi connectivity index (χ1) is 12.3. The highest BCUT2D eigenvalue weighted by Crippen LogP contribution is 2.18. The van der Waals surface area contributed by atoms with Crippen molar-refractivity contribution in [2.24, 2.45) is 0 Å². The molecule has 0 radical (unpaired) electrons. The van der Waals surface area contributed by atoms with Crippen molar-refractivity contribution < 1.29 is 14.3 Å². The Morgan fingerprint density at radius 3 is 3.24 bits per heavy atom. The number of hydrogen-bond donors (Lipinski definition) is 1. The van der Waals surface area contributed by atoms with E-state index in [1.807, 2.05) is 30.6 Å². The van der Waals surface area contributed by atoms with Crippen LogP contribution >= 0.6 is 0 Å².